The molecule has 1 aliphatic carbocycles. The SMILES string of the molecule is N[C@@H](CNc1nc(-c2ccncc2)nc2sc3c(c12)CCCC3)Cc1c[nH]c2ccccc12. The van der Waals surface area contributed by atoms with Gasteiger partial charge in [-0.25, -0.2) is 9.97 Å². The lowest BCUT2D eigenvalue weighted by Crippen LogP contribution is -2.31. The Morgan fingerprint density at radius 2 is 1.91 bits per heavy atom. The summed E-state index contributed by atoms with van der Waals surface area (Å²) in [5.74, 6) is 1.64. The van der Waals surface area contributed by atoms with Crippen LogP contribution in [0.3, 0.4) is 0 Å². The number of thiophene rings is 1. The highest BCUT2D eigenvalue weighted by molar-refractivity contribution is 7.19. The van der Waals surface area contributed by atoms with Crippen LogP contribution >= 0.6 is 11.3 Å². The van der Waals surface area contributed by atoms with Crippen LogP contribution in [-0.2, 0) is 19.3 Å². The third-order valence-electron chi connectivity index (χ3n) is 6.44. The molecule has 0 fully saturated rings. The maximum atomic E-state index is 6.58. The fraction of sp³-hybridized carbons (Fsp3) is 0.269. The molecule has 4 N–H and O–H groups in total. The van der Waals surface area contributed by atoms with E-state index < -0.39 is 0 Å². The minimum atomic E-state index is -0.0342. The maximum absolute atomic E-state index is 6.58. The Morgan fingerprint density at radius 3 is 2.82 bits per heavy atom. The first-order chi connectivity index (χ1) is 16.3. The molecule has 4 heterocycles. The van der Waals surface area contributed by atoms with Crippen LogP contribution in [0, 0.1) is 0 Å². The van der Waals surface area contributed by atoms with Crippen LogP contribution in [0.1, 0.15) is 28.8 Å². The van der Waals surface area contributed by atoms with Crippen LogP contribution in [0.4, 0.5) is 5.82 Å². The second-order valence-electron chi connectivity index (χ2n) is 8.73. The molecular weight excluding hydrogens is 428 g/mol. The van der Waals surface area contributed by atoms with Crippen molar-refractivity contribution in [2.24, 2.45) is 5.73 Å². The monoisotopic (exact) mass is 454 g/mol. The number of hydrogen-bond donors (Lipinski definition) is 3. The second kappa shape index (κ2) is 8.57. The fourth-order valence-electron chi connectivity index (χ4n) is 4.80. The van der Waals surface area contributed by atoms with Gasteiger partial charge in [-0.15, -0.1) is 11.3 Å². The summed E-state index contributed by atoms with van der Waals surface area (Å²) < 4.78 is 0. The molecule has 33 heavy (non-hydrogen) atoms. The summed E-state index contributed by atoms with van der Waals surface area (Å²) >= 11 is 1.82. The van der Waals surface area contributed by atoms with E-state index in [-0.39, 0.29) is 6.04 Å². The number of anilines is 1. The predicted molar refractivity (Wildman–Crippen MR) is 136 cm³/mol. The number of nitrogens with zero attached hydrogens (tertiary/aromatic N) is 3. The maximum Gasteiger partial charge on any atom is 0.163 e. The van der Waals surface area contributed by atoms with E-state index in [0.29, 0.717) is 6.54 Å². The van der Waals surface area contributed by atoms with Gasteiger partial charge in [-0.05, 0) is 61.4 Å². The lowest BCUT2D eigenvalue weighted by atomic mass is 9.97. The van der Waals surface area contributed by atoms with Gasteiger partial charge in [0.15, 0.2) is 5.82 Å². The number of benzene rings is 1. The second-order valence-corrected chi connectivity index (χ2v) is 9.81. The highest BCUT2D eigenvalue weighted by atomic mass is 32.1. The van der Waals surface area contributed by atoms with Crippen molar-refractivity contribution in [1.29, 1.82) is 0 Å². The number of fused-ring (bicyclic) bond motifs is 4. The molecule has 166 valence electrons. The number of rotatable bonds is 6. The van der Waals surface area contributed by atoms with E-state index in [1.54, 1.807) is 12.4 Å². The summed E-state index contributed by atoms with van der Waals surface area (Å²) in [5.41, 5.74) is 11.4. The number of hydrogen-bond acceptors (Lipinski definition) is 6. The summed E-state index contributed by atoms with van der Waals surface area (Å²) in [7, 11) is 0. The zero-order valence-electron chi connectivity index (χ0n) is 18.3. The van der Waals surface area contributed by atoms with E-state index in [2.05, 4.69) is 39.7 Å². The van der Waals surface area contributed by atoms with Gasteiger partial charge in [0, 0.05) is 52.5 Å². The van der Waals surface area contributed by atoms with Crippen molar-refractivity contribution in [2.45, 2.75) is 38.1 Å². The van der Waals surface area contributed by atoms with Gasteiger partial charge in [-0.1, -0.05) is 18.2 Å². The van der Waals surface area contributed by atoms with Crippen molar-refractivity contribution in [1.82, 2.24) is 19.9 Å². The Labute approximate surface area is 196 Å². The average Bonchev–Trinajstić information content (AvgIpc) is 3.44. The molecule has 1 aliphatic rings. The molecule has 4 aromatic heterocycles. The molecule has 1 aromatic carbocycles. The molecule has 0 unspecified atom stereocenters. The first-order valence-corrected chi connectivity index (χ1v) is 12.3. The van der Waals surface area contributed by atoms with E-state index >= 15 is 0 Å². The molecule has 7 heteroatoms. The number of aromatic nitrogens is 4. The molecular formula is C26H26N6S. The first-order valence-electron chi connectivity index (χ1n) is 11.5. The van der Waals surface area contributed by atoms with E-state index in [0.717, 1.165) is 46.8 Å². The number of nitrogens with one attached hydrogen (secondary N) is 2. The molecule has 6 nitrogen and oxygen atoms in total. The van der Waals surface area contributed by atoms with Crippen LogP contribution < -0.4 is 11.1 Å². The minimum Gasteiger partial charge on any atom is -0.368 e. The molecule has 0 amide bonds. The quantitative estimate of drug-likeness (QED) is 0.332. The highest BCUT2D eigenvalue weighted by Crippen LogP contribution is 2.39. The van der Waals surface area contributed by atoms with Gasteiger partial charge in [0.1, 0.15) is 10.6 Å². The molecule has 0 radical (unpaired) electrons. The van der Waals surface area contributed by atoms with Gasteiger partial charge in [0.25, 0.3) is 0 Å². The van der Waals surface area contributed by atoms with E-state index in [4.69, 9.17) is 15.7 Å². The highest BCUT2D eigenvalue weighted by Gasteiger charge is 2.22. The predicted octanol–water partition coefficient (Wildman–Crippen LogP) is 5.10. The standard InChI is InChI=1S/C26H26N6S/c27-18(13-17-14-29-21-7-3-1-5-19(17)21)15-30-25-23-20-6-2-4-8-22(20)33-26(23)32-24(31-25)16-9-11-28-12-10-16/h1,3,5,7,9-12,14,18,29H,2,4,6,8,13,15,27H2,(H,30,31,32)/t18-/m1/s1. The summed E-state index contributed by atoms with van der Waals surface area (Å²) in [4.78, 5) is 19.9. The molecule has 6 rings (SSSR count). The Balaban J connectivity index is 1.31. The summed E-state index contributed by atoms with van der Waals surface area (Å²) in [6.07, 6.45) is 11.2. The van der Waals surface area contributed by atoms with Crippen LogP contribution in [-0.4, -0.2) is 32.5 Å². The van der Waals surface area contributed by atoms with Crippen molar-refractivity contribution in [3.8, 4) is 11.4 Å². The average molecular weight is 455 g/mol. The molecule has 1 atom stereocenters. The smallest absolute Gasteiger partial charge is 0.163 e. The number of nitrogens with two attached hydrogens (primary N) is 1. The number of aromatic amines is 1. The number of para-hydroxylation sites is 1. The summed E-state index contributed by atoms with van der Waals surface area (Å²) in [6.45, 7) is 0.645. The number of aryl methyl sites for hydroxylation is 2. The topological polar surface area (TPSA) is 92.5 Å². The van der Waals surface area contributed by atoms with Crippen LogP contribution in [0.2, 0.25) is 0 Å². The molecule has 5 aromatic rings. The lowest BCUT2D eigenvalue weighted by Gasteiger charge is -2.16. The Morgan fingerprint density at radius 1 is 1.06 bits per heavy atom. The van der Waals surface area contributed by atoms with Gasteiger partial charge < -0.3 is 16.0 Å². The molecule has 0 spiro atoms. The molecule has 0 saturated carbocycles. The third-order valence-corrected chi connectivity index (χ3v) is 7.63. The molecule has 0 aliphatic heterocycles. The number of H-pyrrole nitrogens is 1. The Hall–Kier alpha value is -3.29. The Bertz CT molecular complexity index is 1420. The zero-order valence-corrected chi connectivity index (χ0v) is 19.2. The van der Waals surface area contributed by atoms with Gasteiger partial charge in [0.05, 0.1) is 5.39 Å². The minimum absolute atomic E-state index is 0.0342. The zero-order chi connectivity index (χ0) is 22.2. The van der Waals surface area contributed by atoms with Gasteiger partial charge in [-0.3, -0.25) is 4.98 Å². The van der Waals surface area contributed by atoms with E-state index in [1.165, 1.54) is 39.6 Å². The van der Waals surface area contributed by atoms with Crippen LogP contribution in [0.15, 0.2) is 55.0 Å². The normalized spacial score (nSPS) is 14.5. The van der Waals surface area contributed by atoms with Crippen LogP contribution in [0.5, 0.6) is 0 Å². The van der Waals surface area contributed by atoms with E-state index in [1.807, 2.05) is 29.5 Å². The van der Waals surface area contributed by atoms with Gasteiger partial charge in [-0.2, -0.15) is 0 Å². The van der Waals surface area contributed by atoms with Gasteiger partial charge >= 0.3 is 0 Å². The van der Waals surface area contributed by atoms with Crippen molar-refractivity contribution in [3.63, 3.8) is 0 Å². The lowest BCUT2D eigenvalue weighted by molar-refractivity contribution is 0.697. The van der Waals surface area contributed by atoms with Crippen LogP contribution in [0.25, 0.3) is 32.5 Å². The third kappa shape index (κ3) is 3.87. The largest absolute Gasteiger partial charge is 0.368 e. The number of pyridine rings is 1. The van der Waals surface area contributed by atoms with Gasteiger partial charge in [0.2, 0.25) is 0 Å². The fourth-order valence-corrected chi connectivity index (χ4v) is 6.06. The summed E-state index contributed by atoms with van der Waals surface area (Å²) in [6, 6.07) is 12.2. The van der Waals surface area contributed by atoms with Crippen molar-refractivity contribution < 1.29 is 0 Å². The van der Waals surface area contributed by atoms with Crippen molar-refractivity contribution >= 4 is 38.3 Å². The molecule has 0 bridgehead atoms. The van der Waals surface area contributed by atoms with Crippen molar-refractivity contribution in [2.75, 3.05) is 11.9 Å². The summed E-state index contributed by atoms with van der Waals surface area (Å²) in [5, 5.41) is 6.03. The Kier molecular flexibility index (Phi) is 5.28. The van der Waals surface area contributed by atoms with Crippen molar-refractivity contribution in [3.05, 3.63) is 71.0 Å². The first kappa shape index (κ1) is 20.3. The van der Waals surface area contributed by atoms with E-state index in [9.17, 15) is 0 Å². The molecule has 0 saturated heterocycles.